The topological polar surface area (TPSA) is 92.3 Å². The molecule has 1 aliphatic heterocycles. The lowest BCUT2D eigenvalue weighted by atomic mass is 9.99. The summed E-state index contributed by atoms with van der Waals surface area (Å²) < 4.78 is 0. The standard InChI is InChI=1S/C11H12N4O3/c1-2-3-8-9(16)14-11(18)15(10(8)17)7-4-12-6-13-5-7/h4-6,8H,2-3H2,1H3,(H,14,16,18). The van der Waals surface area contributed by atoms with E-state index in [-0.39, 0.29) is 5.69 Å². The van der Waals surface area contributed by atoms with Gasteiger partial charge < -0.3 is 0 Å². The Morgan fingerprint density at radius 3 is 2.56 bits per heavy atom. The molecule has 1 fully saturated rings. The molecule has 7 heteroatoms. The summed E-state index contributed by atoms with van der Waals surface area (Å²) in [5.41, 5.74) is 0.258. The lowest BCUT2D eigenvalue weighted by molar-refractivity contribution is -0.134. The summed E-state index contributed by atoms with van der Waals surface area (Å²) in [6.45, 7) is 1.87. The van der Waals surface area contributed by atoms with Crippen molar-refractivity contribution >= 4 is 23.5 Å². The van der Waals surface area contributed by atoms with E-state index in [2.05, 4.69) is 15.3 Å². The van der Waals surface area contributed by atoms with Gasteiger partial charge in [-0.05, 0) is 6.42 Å². The summed E-state index contributed by atoms with van der Waals surface area (Å²) in [7, 11) is 0. The smallest absolute Gasteiger partial charge is 0.277 e. The molecular formula is C11H12N4O3. The molecule has 1 aromatic heterocycles. The molecule has 1 aromatic rings. The van der Waals surface area contributed by atoms with Gasteiger partial charge in [-0.25, -0.2) is 19.7 Å². The maximum atomic E-state index is 12.1. The van der Waals surface area contributed by atoms with Gasteiger partial charge in [0.05, 0.1) is 18.1 Å². The predicted molar refractivity (Wildman–Crippen MR) is 61.5 cm³/mol. The van der Waals surface area contributed by atoms with Gasteiger partial charge in [0.2, 0.25) is 11.8 Å². The summed E-state index contributed by atoms with van der Waals surface area (Å²) in [6, 6.07) is -0.757. The molecule has 94 valence electrons. The molecule has 0 aliphatic carbocycles. The van der Waals surface area contributed by atoms with Crippen molar-refractivity contribution in [2.75, 3.05) is 4.90 Å². The van der Waals surface area contributed by atoms with Gasteiger partial charge in [0.25, 0.3) is 0 Å². The van der Waals surface area contributed by atoms with Crippen LogP contribution in [0.1, 0.15) is 19.8 Å². The molecule has 0 spiro atoms. The monoisotopic (exact) mass is 248 g/mol. The van der Waals surface area contributed by atoms with Gasteiger partial charge in [-0.1, -0.05) is 13.3 Å². The molecule has 7 nitrogen and oxygen atoms in total. The van der Waals surface area contributed by atoms with E-state index in [1.54, 1.807) is 0 Å². The summed E-state index contributed by atoms with van der Waals surface area (Å²) >= 11 is 0. The van der Waals surface area contributed by atoms with Gasteiger partial charge in [-0.15, -0.1) is 0 Å². The number of anilines is 1. The fourth-order valence-electron chi connectivity index (χ4n) is 1.81. The number of rotatable bonds is 3. The number of carbonyl (C=O) groups excluding carboxylic acids is 3. The van der Waals surface area contributed by atoms with E-state index in [1.165, 1.54) is 18.7 Å². The van der Waals surface area contributed by atoms with Crippen molar-refractivity contribution in [3.63, 3.8) is 0 Å². The SMILES string of the molecule is CCCC1C(=O)NC(=O)N(c2cncnc2)C1=O. The Labute approximate surface area is 103 Å². The van der Waals surface area contributed by atoms with Crippen LogP contribution in [0.3, 0.4) is 0 Å². The molecule has 2 heterocycles. The van der Waals surface area contributed by atoms with E-state index < -0.39 is 23.8 Å². The van der Waals surface area contributed by atoms with Gasteiger partial charge in [-0.3, -0.25) is 14.9 Å². The number of carbonyl (C=O) groups is 3. The predicted octanol–water partition coefficient (Wildman–Crippen LogP) is 0.476. The Bertz CT molecular complexity index is 488. The molecule has 0 bridgehead atoms. The molecule has 18 heavy (non-hydrogen) atoms. The van der Waals surface area contributed by atoms with Gasteiger partial charge in [0, 0.05) is 0 Å². The summed E-state index contributed by atoms with van der Waals surface area (Å²) in [4.78, 5) is 43.8. The third kappa shape index (κ3) is 2.06. The van der Waals surface area contributed by atoms with Gasteiger partial charge in [0.1, 0.15) is 12.2 Å². The van der Waals surface area contributed by atoms with E-state index in [4.69, 9.17) is 0 Å². The minimum Gasteiger partial charge on any atom is -0.277 e. The third-order valence-corrected chi connectivity index (χ3v) is 2.65. The molecule has 1 atom stereocenters. The van der Waals surface area contributed by atoms with Crippen LogP contribution in [-0.2, 0) is 9.59 Å². The summed E-state index contributed by atoms with van der Waals surface area (Å²) in [5.74, 6) is -1.90. The molecule has 0 aromatic carbocycles. The second kappa shape index (κ2) is 4.91. The van der Waals surface area contributed by atoms with Gasteiger partial charge in [-0.2, -0.15) is 0 Å². The highest BCUT2D eigenvalue weighted by Crippen LogP contribution is 2.21. The first-order valence-electron chi connectivity index (χ1n) is 5.59. The largest absolute Gasteiger partial charge is 0.335 e. The highest BCUT2D eigenvalue weighted by atomic mass is 16.2. The van der Waals surface area contributed by atoms with Gasteiger partial charge >= 0.3 is 6.03 Å². The van der Waals surface area contributed by atoms with Crippen LogP contribution in [-0.4, -0.2) is 27.8 Å². The Kier molecular flexibility index (Phi) is 3.31. The molecule has 1 aliphatic rings. The van der Waals surface area contributed by atoms with E-state index >= 15 is 0 Å². The number of nitrogens with zero attached hydrogens (tertiary/aromatic N) is 3. The molecule has 2 rings (SSSR count). The number of urea groups is 1. The molecule has 0 saturated carbocycles. The van der Waals surface area contributed by atoms with Crippen molar-refractivity contribution in [3.8, 4) is 0 Å². The van der Waals surface area contributed by atoms with Crippen LogP contribution in [0.25, 0.3) is 0 Å². The number of nitrogens with one attached hydrogen (secondary N) is 1. The lowest BCUT2D eigenvalue weighted by Crippen LogP contribution is -2.58. The third-order valence-electron chi connectivity index (χ3n) is 2.65. The first kappa shape index (κ1) is 12.2. The molecule has 0 radical (unpaired) electrons. The highest BCUT2D eigenvalue weighted by Gasteiger charge is 2.40. The number of amides is 4. The van der Waals surface area contributed by atoms with Crippen molar-refractivity contribution in [2.24, 2.45) is 5.92 Å². The number of imide groups is 2. The number of hydrogen-bond acceptors (Lipinski definition) is 5. The van der Waals surface area contributed by atoms with Crippen LogP contribution in [0, 0.1) is 5.92 Å². The van der Waals surface area contributed by atoms with Crippen LogP contribution in [0.5, 0.6) is 0 Å². The van der Waals surface area contributed by atoms with Crippen LogP contribution in [0.15, 0.2) is 18.7 Å². The minimum absolute atomic E-state index is 0.258. The van der Waals surface area contributed by atoms with Crippen molar-refractivity contribution in [2.45, 2.75) is 19.8 Å². The van der Waals surface area contributed by atoms with Crippen LogP contribution in [0.4, 0.5) is 10.5 Å². The van der Waals surface area contributed by atoms with E-state index in [1.807, 2.05) is 6.92 Å². The van der Waals surface area contributed by atoms with Crippen molar-refractivity contribution in [3.05, 3.63) is 18.7 Å². The number of hydrogen-bond donors (Lipinski definition) is 1. The molecule has 1 N–H and O–H groups in total. The van der Waals surface area contributed by atoms with Gasteiger partial charge in [0.15, 0.2) is 0 Å². The van der Waals surface area contributed by atoms with Crippen LogP contribution >= 0.6 is 0 Å². The van der Waals surface area contributed by atoms with Crippen molar-refractivity contribution in [1.29, 1.82) is 0 Å². The lowest BCUT2D eigenvalue weighted by Gasteiger charge is -2.29. The average molecular weight is 248 g/mol. The van der Waals surface area contributed by atoms with E-state index in [0.29, 0.717) is 12.8 Å². The zero-order valence-electron chi connectivity index (χ0n) is 9.79. The Balaban J connectivity index is 2.32. The first-order chi connectivity index (χ1) is 8.65. The normalized spacial score (nSPS) is 19.9. The van der Waals surface area contributed by atoms with Crippen molar-refractivity contribution < 1.29 is 14.4 Å². The highest BCUT2D eigenvalue weighted by molar-refractivity contribution is 6.27. The first-order valence-corrected chi connectivity index (χ1v) is 5.59. The fraction of sp³-hybridized carbons (Fsp3) is 0.364. The molecule has 4 amide bonds. The Morgan fingerprint density at radius 1 is 1.28 bits per heavy atom. The zero-order valence-corrected chi connectivity index (χ0v) is 9.79. The molecule has 1 saturated heterocycles. The Morgan fingerprint density at radius 2 is 1.94 bits per heavy atom. The summed E-state index contributed by atoms with van der Waals surface area (Å²) in [5, 5.41) is 2.16. The number of barbiturate groups is 1. The minimum atomic E-state index is -0.826. The zero-order chi connectivity index (χ0) is 13.1. The van der Waals surface area contributed by atoms with Crippen molar-refractivity contribution in [1.82, 2.24) is 15.3 Å². The van der Waals surface area contributed by atoms with E-state index in [9.17, 15) is 14.4 Å². The van der Waals surface area contributed by atoms with Crippen LogP contribution < -0.4 is 10.2 Å². The summed E-state index contributed by atoms with van der Waals surface area (Å²) in [6.07, 6.45) is 5.08. The second-order valence-electron chi connectivity index (χ2n) is 3.91. The molecule has 1 unspecified atom stereocenters. The fourth-order valence-corrected chi connectivity index (χ4v) is 1.81. The maximum Gasteiger partial charge on any atom is 0.335 e. The van der Waals surface area contributed by atoms with E-state index in [0.717, 1.165) is 4.90 Å². The van der Waals surface area contributed by atoms with Crippen LogP contribution in [0.2, 0.25) is 0 Å². The quantitative estimate of drug-likeness (QED) is 0.785. The average Bonchev–Trinajstić information content (AvgIpc) is 2.35. The maximum absolute atomic E-state index is 12.1. The molecular weight excluding hydrogens is 236 g/mol. The second-order valence-corrected chi connectivity index (χ2v) is 3.91. The number of aromatic nitrogens is 2. The Hall–Kier alpha value is -2.31.